The lowest BCUT2D eigenvalue weighted by Gasteiger charge is -2.32. The highest BCUT2D eigenvalue weighted by Crippen LogP contribution is 2.23. The molecule has 2 aromatic rings. The lowest BCUT2D eigenvalue weighted by Crippen LogP contribution is -2.47. The molecule has 0 saturated carbocycles. The maximum Gasteiger partial charge on any atom is 0.258 e. The van der Waals surface area contributed by atoms with Crippen LogP contribution in [0.15, 0.2) is 48.5 Å². The van der Waals surface area contributed by atoms with Gasteiger partial charge in [-0.05, 0) is 50.5 Å². The van der Waals surface area contributed by atoms with Gasteiger partial charge < -0.3 is 19.7 Å². The maximum absolute atomic E-state index is 12.4. The van der Waals surface area contributed by atoms with E-state index in [0.717, 1.165) is 18.4 Å². The molecule has 2 aromatic carbocycles. The summed E-state index contributed by atoms with van der Waals surface area (Å²) in [5, 5.41) is 3.57. The molecule has 1 heterocycles. The molecule has 2 amide bonds. The number of nitrogens with zero attached hydrogens (tertiary/aromatic N) is 1. The van der Waals surface area contributed by atoms with Crippen LogP contribution in [0.1, 0.15) is 31.2 Å². The smallest absolute Gasteiger partial charge is 0.258 e. The molecule has 7 heteroatoms. The third-order valence-electron chi connectivity index (χ3n) is 5.23. The summed E-state index contributed by atoms with van der Waals surface area (Å²) in [6.45, 7) is 3.74. The molecule has 1 aliphatic heterocycles. The number of hydrogen-bond donors (Lipinski definition) is 1. The quantitative estimate of drug-likeness (QED) is 0.594. The number of nitrogens with one attached hydrogen (secondary N) is 1. The summed E-state index contributed by atoms with van der Waals surface area (Å²) in [5.41, 5.74) is 1.14. The minimum atomic E-state index is -0.137. The zero-order valence-corrected chi connectivity index (χ0v) is 18.6. The summed E-state index contributed by atoms with van der Waals surface area (Å²) < 4.78 is 11.2. The van der Waals surface area contributed by atoms with Crippen molar-refractivity contribution in [3.8, 4) is 11.5 Å². The summed E-state index contributed by atoms with van der Waals surface area (Å²) in [6.07, 6.45) is 2.57. The van der Waals surface area contributed by atoms with Crippen LogP contribution in [-0.2, 0) is 9.59 Å². The number of benzene rings is 2. The van der Waals surface area contributed by atoms with Crippen LogP contribution in [0.25, 0.3) is 0 Å². The molecule has 1 aliphatic rings. The maximum atomic E-state index is 12.4. The molecule has 0 spiro atoms. The Hall–Kier alpha value is -2.73. The first kappa shape index (κ1) is 22.9. The predicted molar refractivity (Wildman–Crippen MR) is 121 cm³/mol. The molecule has 3 rings (SSSR count). The zero-order chi connectivity index (χ0) is 22.1. The van der Waals surface area contributed by atoms with Crippen LogP contribution in [-0.4, -0.2) is 49.1 Å². The normalized spacial score (nSPS) is 14.2. The van der Waals surface area contributed by atoms with E-state index >= 15 is 0 Å². The van der Waals surface area contributed by atoms with Crippen LogP contribution in [0.5, 0.6) is 11.5 Å². The van der Waals surface area contributed by atoms with Crippen molar-refractivity contribution in [2.75, 3.05) is 26.3 Å². The lowest BCUT2D eigenvalue weighted by atomic mass is 10.0. The van der Waals surface area contributed by atoms with E-state index in [-0.39, 0.29) is 24.5 Å². The summed E-state index contributed by atoms with van der Waals surface area (Å²) >= 11 is 6.06. The molecule has 1 N–H and O–H groups in total. The van der Waals surface area contributed by atoms with Crippen molar-refractivity contribution >= 4 is 23.4 Å². The zero-order valence-electron chi connectivity index (χ0n) is 17.8. The number of carbonyl (C=O) groups excluding carboxylic acids is 2. The van der Waals surface area contributed by atoms with Crippen LogP contribution in [0, 0.1) is 6.92 Å². The third-order valence-corrected chi connectivity index (χ3v) is 5.55. The Balaban J connectivity index is 1.29. The van der Waals surface area contributed by atoms with Crippen molar-refractivity contribution < 1.29 is 19.1 Å². The molecule has 166 valence electrons. The van der Waals surface area contributed by atoms with E-state index in [2.05, 4.69) is 5.32 Å². The fourth-order valence-electron chi connectivity index (χ4n) is 3.45. The van der Waals surface area contributed by atoms with Gasteiger partial charge in [0.15, 0.2) is 6.61 Å². The average molecular weight is 445 g/mol. The van der Waals surface area contributed by atoms with Crippen LogP contribution in [0.3, 0.4) is 0 Å². The molecule has 0 unspecified atom stereocenters. The SMILES string of the molecule is Cc1ccc(OCC(=O)NC2CCN(C(=O)CCCOc3ccccc3Cl)CC2)cc1. The molecular formula is C24H29ClN2O4. The van der Waals surface area contributed by atoms with Crippen molar-refractivity contribution in [1.29, 1.82) is 0 Å². The minimum Gasteiger partial charge on any atom is -0.492 e. The van der Waals surface area contributed by atoms with E-state index in [4.69, 9.17) is 21.1 Å². The second-order valence-electron chi connectivity index (χ2n) is 7.71. The van der Waals surface area contributed by atoms with E-state index < -0.39 is 0 Å². The molecular weight excluding hydrogens is 416 g/mol. The number of halogens is 1. The second kappa shape index (κ2) is 11.6. The monoisotopic (exact) mass is 444 g/mol. The van der Waals surface area contributed by atoms with Crippen molar-refractivity contribution in [3.05, 3.63) is 59.1 Å². The van der Waals surface area contributed by atoms with Gasteiger partial charge in [0.2, 0.25) is 5.91 Å². The molecule has 0 radical (unpaired) electrons. The van der Waals surface area contributed by atoms with E-state index in [1.807, 2.05) is 54.3 Å². The summed E-state index contributed by atoms with van der Waals surface area (Å²) in [4.78, 5) is 26.4. The van der Waals surface area contributed by atoms with Crippen molar-refractivity contribution in [3.63, 3.8) is 0 Å². The highest BCUT2D eigenvalue weighted by atomic mass is 35.5. The molecule has 0 aliphatic carbocycles. The number of ether oxygens (including phenoxy) is 2. The topological polar surface area (TPSA) is 67.9 Å². The molecule has 0 atom stereocenters. The predicted octanol–water partition coefficient (Wildman–Crippen LogP) is 3.99. The van der Waals surface area contributed by atoms with Crippen molar-refractivity contribution in [1.82, 2.24) is 10.2 Å². The summed E-state index contributed by atoms with van der Waals surface area (Å²) in [5.74, 6) is 1.30. The number of carbonyl (C=O) groups is 2. The largest absolute Gasteiger partial charge is 0.492 e. The Kier molecular flexibility index (Phi) is 8.59. The Labute approximate surface area is 188 Å². The van der Waals surface area contributed by atoms with Gasteiger partial charge in [0.1, 0.15) is 11.5 Å². The standard InChI is InChI=1S/C24H29ClN2O4/c1-18-8-10-20(11-9-18)31-17-23(28)26-19-12-14-27(15-13-19)24(29)7-4-16-30-22-6-3-2-5-21(22)25/h2-3,5-6,8-11,19H,4,7,12-17H2,1H3,(H,26,28). The molecule has 6 nitrogen and oxygen atoms in total. The number of rotatable bonds is 9. The number of aryl methyl sites for hydroxylation is 1. The van der Waals surface area contributed by atoms with Gasteiger partial charge in [0.05, 0.1) is 11.6 Å². The Bertz CT molecular complexity index is 864. The van der Waals surface area contributed by atoms with Gasteiger partial charge in [-0.25, -0.2) is 0 Å². The molecule has 0 bridgehead atoms. The van der Waals surface area contributed by atoms with Gasteiger partial charge in [0, 0.05) is 25.6 Å². The summed E-state index contributed by atoms with van der Waals surface area (Å²) in [7, 11) is 0. The Morgan fingerprint density at radius 1 is 1.06 bits per heavy atom. The molecule has 31 heavy (non-hydrogen) atoms. The molecule has 0 aromatic heterocycles. The van der Waals surface area contributed by atoms with Crippen LogP contribution in [0.4, 0.5) is 0 Å². The number of para-hydroxylation sites is 1. The highest BCUT2D eigenvalue weighted by molar-refractivity contribution is 6.32. The molecule has 1 fully saturated rings. The number of amides is 2. The van der Waals surface area contributed by atoms with E-state index in [1.54, 1.807) is 6.07 Å². The fraction of sp³-hybridized carbons (Fsp3) is 0.417. The van der Waals surface area contributed by atoms with Gasteiger partial charge in [-0.3, -0.25) is 9.59 Å². The van der Waals surface area contributed by atoms with Crippen molar-refractivity contribution in [2.24, 2.45) is 0 Å². The van der Waals surface area contributed by atoms with Crippen molar-refractivity contribution in [2.45, 2.75) is 38.6 Å². The Morgan fingerprint density at radius 3 is 2.48 bits per heavy atom. The van der Waals surface area contributed by atoms with E-state index in [1.165, 1.54) is 0 Å². The van der Waals surface area contributed by atoms with Gasteiger partial charge in [-0.15, -0.1) is 0 Å². The number of piperidine rings is 1. The first-order valence-electron chi connectivity index (χ1n) is 10.6. The lowest BCUT2D eigenvalue weighted by molar-refractivity contribution is -0.132. The first-order chi connectivity index (χ1) is 15.0. The van der Waals surface area contributed by atoms with Crippen LogP contribution in [0.2, 0.25) is 5.02 Å². The van der Waals surface area contributed by atoms with E-state index in [0.29, 0.717) is 49.1 Å². The minimum absolute atomic E-state index is 0.00631. The van der Waals surface area contributed by atoms with Crippen LogP contribution >= 0.6 is 11.6 Å². The highest BCUT2D eigenvalue weighted by Gasteiger charge is 2.23. The number of likely N-dealkylation sites (tertiary alicyclic amines) is 1. The molecule has 1 saturated heterocycles. The van der Waals surface area contributed by atoms with Gasteiger partial charge in [-0.1, -0.05) is 41.4 Å². The van der Waals surface area contributed by atoms with Crippen LogP contribution < -0.4 is 14.8 Å². The summed E-state index contributed by atoms with van der Waals surface area (Å²) in [6, 6.07) is 15.0. The van der Waals surface area contributed by atoms with Gasteiger partial charge in [0.25, 0.3) is 5.91 Å². The van der Waals surface area contributed by atoms with Gasteiger partial charge >= 0.3 is 0 Å². The number of hydrogen-bond acceptors (Lipinski definition) is 4. The third kappa shape index (κ3) is 7.47. The Morgan fingerprint density at radius 2 is 1.77 bits per heavy atom. The first-order valence-corrected chi connectivity index (χ1v) is 11.0. The van der Waals surface area contributed by atoms with Gasteiger partial charge in [-0.2, -0.15) is 0 Å². The fourth-order valence-corrected chi connectivity index (χ4v) is 3.64. The average Bonchev–Trinajstić information content (AvgIpc) is 2.78. The van der Waals surface area contributed by atoms with E-state index in [9.17, 15) is 9.59 Å². The second-order valence-corrected chi connectivity index (χ2v) is 8.11.